The maximum Gasteiger partial charge on any atom is 0.446 e. The lowest BCUT2D eigenvalue weighted by molar-refractivity contribution is -0.126. The minimum atomic E-state index is -4.40. The van der Waals surface area contributed by atoms with Crippen molar-refractivity contribution in [3.63, 3.8) is 0 Å². The SMILES string of the molecule is NCC(NCC(F)(F)F)c1ccc(SC(F)(F)F)cc1. The minimum Gasteiger partial charge on any atom is -0.329 e. The van der Waals surface area contributed by atoms with Gasteiger partial charge in [-0.3, -0.25) is 0 Å². The van der Waals surface area contributed by atoms with E-state index < -0.39 is 24.3 Å². The van der Waals surface area contributed by atoms with Gasteiger partial charge in [-0.15, -0.1) is 0 Å². The molecule has 3 N–H and O–H groups in total. The number of thioether (sulfide) groups is 1. The number of hydrogen-bond donors (Lipinski definition) is 2. The first-order valence-electron chi connectivity index (χ1n) is 5.46. The zero-order chi connectivity index (χ0) is 15.4. The van der Waals surface area contributed by atoms with Gasteiger partial charge in [0.1, 0.15) is 0 Å². The van der Waals surface area contributed by atoms with Crippen molar-refractivity contribution >= 4 is 11.8 Å². The second kappa shape index (κ2) is 6.68. The average Bonchev–Trinajstić information content (AvgIpc) is 2.28. The van der Waals surface area contributed by atoms with Gasteiger partial charge < -0.3 is 11.1 Å². The molecule has 1 aromatic carbocycles. The number of benzene rings is 1. The van der Waals surface area contributed by atoms with Crippen molar-refractivity contribution < 1.29 is 26.3 Å². The Labute approximate surface area is 115 Å². The van der Waals surface area contributed by atoms with Gasteiger partial charge in [0.2, 0.25) is 0 Å². The van der Waals surface area contributed by atoms with E-state index in [1.807, 2.05) is 0 Å². The third-order valence-corrected chi connectivity index (χ3v) is 3.04. The number of rotatable bonds is 5. The number of nitrogens with two attached hydrogens (primary N) is 1. The van der Waals surface area contributed by atoms with E-state index in [1.54, 1.807) is 0 Å². The fourth-order valence-electron chi connectivity index (χ4n) is 1.48. The maximum atomic E-state index is 12.1. The Bertz CT molecular complexity index is 414. The normalized spacial score (nSPS) is 14.3. The third kappa shape index (κ3) is 6.49. The fraction of sp³-hybridized carbons (Fsp3) is 0.455. The molecule has 0 radical (unpaired) electrons. The Morgan fingerprint density at radius 3 is 2.00 bits per heavy atom. The van der Waals surface area contributed by atoms with Crippen LogP contribution in [0.2, 0.25) is 0 Å². The Morgan fingerprint density at radius 1 is 1.05 bits per heavy atom. The molecular formula is C11H12F6N2S. The van der Waals surface area contributed by atoms with E-state index in [2.05, 4.69) is 5.32 Å². The van der Waals surface area contributed by atoms with Gasteiger partial charge in [0.05, 0.1) is 6.54 Å². The maximum absolute atomic E-state index is 12.1. The third-order valence-electron chi connectivity index (χ3n) is 2.30. The van der Waals surface area contributed by atoms with E-state index in [-0.39, 0.29) is 23.2 Å². The van der Waals surface area contributed by atoms with Crippen LogP contribution in [0.1, 0.15) is 11.6 Å². The van der Waals surface area contributed by atoms with E-state index in [4.69, 9.17) is 5.73 Å². The molecule has 0 aromatic heterocycles. The highest BCUT2D eigenvalue weighted by Crippen LogP contribution is 2.37. The Balaban J connectivity index is 2.70. The van der Waals surface area contributed by atoms with E-state index >= 15 is 0 Å². The van der Waals surface area contributed by atoms with Crippen molar-refractivity contribution in [1.82, 2.24) is 5.32 Å². The lowest BCUT2D eigenvalue weighted by atomic mass is 10.1. The molecule has 0 fully saturated rings. The van der Waals surface area contributed by atoms with E-state index in [0.29, 0.717) is 5.56 Å². The number of hydrogen-bond acceptors (Lipinski definition) is 3. The molecule has 2 nitrogen and oxygen atoms in total. The molecule has 0 bridgehead atoms. The Kier molecular flexibility index (Phi) is 5.72. The first-order valence-corrected chi connectivity index (χ1v) is 6.28. The molecule has 0 spiro atoms. The van der Waals surface area contributed by atoms with Crippen molar-refractivity contribution in [1.29, 1.82) is 0 Å². The van der Waals surface area contributed by atoms with Crippen molar-refractivity contribution in [2.75, 3.05) is 13.1 Å². The summed E-state index contributed by atoms with van der Waals surface area (Å²) in [5.74, 6) is 0. The van der Waals surface area contributed by atoms with Gasteiger partial charge in [-0.2, -0.15) is 26.3 Å². The van der Waals surface area contributed by atoms with Crippen LogP contribution in [0, 0.1) is 0 Å². The first-order chi connectivity index (χ1) is 9.11. The molecule has 1 aromatic rings. The zero-order valence-corrected chi connectivity index (χ0v) is 10.9. The quantitative estimate of drug-likeness (QED) is 0.645. The molecule has 1 rings (SSSR count). The Hall–Kier alpha value is -0.930. The fourth-order valence-corrected chi connectivity index (χ4v) is 2.02. The highest BCUT2D eigenvalue weighted by atomic mass is 32.2. The number of halogens is 6. The highest BCUT2D eigenvalue weighted by molar-refractivity contribution is 8.00. The van der Waals surface area contributed by atoms with Gasteiger partial charge in [0.15, 0.2) is 0 Å². The summed E-state index contributed by atoms with van der Waals surface area (Å²) >= 11 is -0.285. The molecule has 1 unspecified atom stereocenters. The number of nitrogens with one attached hydrogen (secondary N) is 1. The van der Waals surface area contributed by atoms with Gasteiger partial charge in [-0.25, -0.2) is 0 Å². The van der Waals surface area contributed by atoms with Crippen LogP contribution in [-0.2, 0) is 0 Å². The molecule has 0 saturated heterocycles. The van der Waals surface area contributed by atoms with Crippen LogP contribution >= 0.6 is 11.8 Å². The van der Waals surface area contributed by atoms with Gasteiger partial charge >= 0.3 is 11.7 Å². The van der Waals surface area contributed by atoms with Crippen LogP contribution in [-0.4, -0.2) is 24.8 Å². The first kappa shape index (κ1) is 17.1. The standard InChI is InChI=1S/C11H12F6N2S/c12-10(13,14)6-19-9(5-18)7-1-3-8(4-2-7)20-11(15,16)17/h1-4,9,19H,5-6,18H2. The summed E-state index contributed by atoms with van der Waals surface area (Å²) in [6.45, 7) is -1.31. The summed E-state index contributed by atoms with van der Waals surface area (Å²) in [6, 6.07) is 4.29. The van der Waals surface area contributed by atoms with Crippen molar-refractivity contribution in [2.24, 2.45) is 5.73 Å². The molecule has 0 aliphatic carbocycles. The molecule has 0 heterocycles. The monoisotopic (exact) mass is 318 g/mol. The molecular weight excluding hydrogens is 306 g/mol. The molecule has 20 heavy (non-hydrogen) atoms. The summed E-state index contributed by atoms with van der Waals surface area (Å²) in [4.78, 5) is -0.0344. The van der Waals surface area contributed by atoms with Crippen LogP contribution in [0.5, 0.6) is 0 Å². The van der Waals surface area contributed by atoms with Gasteiger partial charge in [0.25, 0.3) is 0 Å². The smallest absolute Gasteiger partial charge is 0.329 e. The number of alkyl halides is 6. The summed E-state index contributed by atoms with van der Waals surface area (Å²) < 4.78 is 72.6. The van der Waals surface area contributed by atoms with Crippen molar-refractivity contribution in [3.8, 4) is 0 Å². The summed E-state index contributed by atoms with van der Waals surface area (Å²) in [7, 11) is 0. The largest absolute Gasteiger partial charge is 0.446 e. The predicted molar refractivity (Wildman–Crippen MR) is 64.2 cm³/mol. The van der Waals surface area contributed by atoms with Crippen molar-refractivity contribution in [2.45, 2.75) is 22.6 Å². The van der Waals surface area contributed by atoms with Gasteiger partial charge in [0, 0.05) is 17.5 Å². The lowest BCUT2D eigenvalue weighted by Crippen LogP contribution is -2.35. The van der Waals surface area contributed by atoms with E-state index in [0.717, 1.165) is 0 Å². The summed E-state index contributed by atoms with van der Waals surface area (Å²) in [5.41, 5.74) is 1.37. The van der Waals surface area contributed by atoms with Crippen LogP contribution < -0.4 is 11.1 Å². The predicted octanol–water partition coefficient (Wildman–Crippen LogP) is 3.45. The second-order valence-electron chi connectivity index (χ2n) is 3.90. The molecule has 9 heteroatoms. The second-order valence-corrected chi connectivity index (χ2v) is 5.04. The molecule has 114 valence electrons. The lowest BCUT2D eigenvalue weighted by Gasteiger charge is -2.18. The zero-order valence-electron chi connectivity index (χ0n) is 10.1. The highest BCUT2D eigenvalue weighted by Gasteiger charge is 2.30. The molecule has 0 aliphatic heterocycles. The molecule has 0 aliphatic rings. The minimum absolute atomic E-state index is 0.0344. The Morgan fingerprint density at radius 2 is 1.60 bits per heavy atom. The van der Waals surface area contributed by atoms with E-state index in [9.17, 15) is 26.3 Å². The molecule has 0 saturated carbocycles. The van der Waals surface area contributed by atoms with Crippen LogP contribution in [0.25, 0.3) is 0 Å². The van der Waals surface area contributed by atoms with Crippen LogP contribution in [0.15, 0.2) is 29.2 Å². The van der Waals surface area contributed by atoms with E-state index in [1.165, 1.54) is 24.3 Å². The van der Waals surface area contributed by atoms with Crippen LogP contribution in [0.3, 0.4) is 0 Å². The van der Waals surface area contributed by atoms with Crippen LogP contribution in [0.4, 0.5) is 26.3 Å². The molecule has 1 atom stereocenters. The van der Waals surface area contributed by atoms with Crippen molar-refractivity contribution in [3.05, 3.63) is 29.8 Å². The summed E-state index contributed by atoms with van der Waals surface area (Å²) in [5, 5.41) is 2.21. The molecule has 0 amide bonds. The van der Waals surface area contributed by atoms with Gasteiger partial charge in [-0.1, -0.05) is 12.1 Å². The van der Waals surface area contributed by atoms with Gasteiger partial charge in [-0.05, 0) is 29.5 Å². The summed E-state index contributed by atoms with van der Waals surface area (Å²) in [6.07, 6.45) is -4.38. The topological polar surface area (TPSA) is 38.0 Å². The average molecular weight is 318 g/mol.